The quantitative estimate of drug-likeness (QED) is 0.0764. The van der Waals surface area contributed by atoms with Crippen LogP contribution in [-0.4, -0.2) is 93.2 Å². The van der Waals surface area contributed by atoms with Crippen LogP contribution in [0.5, 0.6) is 0 Å². The number of aliphatic hydroxyl groups excluding tert-OH is 1. The lowest BCUT2D eigenvalue weighted by atomic mass is 9.90. The normalized spacial score (nSPS) is 15.6. The molecule has 17 heteroatoms. The summed E-state index contributed by atoms with van der Waals surface area (Å²) in [6.45, 7) is 3.02. The van der Waals surface area contributed by atoms with Crippen LogP contribution in [0.2, 0.25) is 5.02 Å². The summed E-state index contributed by atoms with van der Waals surface area (Å²) in [5.41, 5.74) is 7.72. The van der Waals surface area contributed by atoms with Gasteiger partial charge < -0.3 is 36.8 Å². The van der Waals surface area contributed by atoms with Crippen LogP contribution >= 0.6 is 22.9 Å². The van der Waals surface area contributed by atoms with E-state index >= 15 is 0 Å². The van der Waals surface area contributed by atoms with Gasteiger partial charge in [-0.1, -0.05) is 54.1 Å². The Morgan fingerprint density at radius 3 is 2.48 bits per heavy atom. The number of ether oxygens (including phenoxy) is 1. The maximum Gasteiger partial charge on any atom is 0.243 e. The molecule has 15 nitrogen and oxygen atoms in total. The summed E-state index contributed by atoms with van der Waals surface area (Å²) in [6.07, 6.45) is 4.41. The predicted octanol–water partition coefficient (Wildman–Crippen LogP) is 2.40. The second-order valence-electron chi connectivity index (χ2n) is 13.2. The van der Waals surface area contributed by atoms with E-state index in [1.165, 1.54) is 16.0 Å². The van der Waals surface area contributed by atoms with Crippen LogP contribution in [-0.2, 0) is 36.9 Å². The molecule has 1 saturated heterocycles. The number of hydrogen-bond acceptors (Lipinski definition) is 11. The fourth-order valence-corrected chi connectivity index (χ4v) is 7.60. The van der Waals surface area contributed by atoms with Gasteiger partial charge in [-0.3, -0.25) is 19.2 Å². The largest absolute Gasteiger partial charge is 0.394 e. The van der Waals surface area contributed by atoms with Gasteiger partial charge in [-0.25, -0.2) is 9.67 Å². The van der Waals surface area contributed by atoms with Gasteiger partial charge in [-0.15, -0.1) is 16.4 Å². The van der Waals surface area contributed by atoms with Crippen molar-refractivity contribution >= 4 is 56.8 Å². The lowest BCUT2D eigenvalue weighted by Crippen LogP contribution is -2.59. The number of thiazole rings is 1. The molecule has 4 amide bonds. The summed E-state index contributed by atoms with van der Waals surface area (Å²) < 4.78 is 7.91. The number of carbonyl (C=O) groups is 4. The van der Waals surface area contributed by atoms with Gasteiger partial charge in [0.2, 0.25) is 23.6 Å². The van der Waals surface area contributed by atoms with Crippen molar-refractivity contribution in [1.82, 2.24) is 41.2 Å². The third-order valence-electron chi connectivity index (χ3n) is 9.24. The fraction of sp³-hybridized carbons (Fsp3) is 0.486. The first-order valence-electron chi connectivity index (χ1n) is 18.3. The highest BCUT2D eigenvalue weighted by Crippen LogP contribution is 2.27. The van der Waals surface area contributed by atoms with Crippen LogP contribution in [0.3, 0.4) is 0 Å². The number of aliphatic hydroxyl groups is 1. The Labute approximate surface area is 322 Å². The number of carbonyl (C=O) groups excluding carboxylic acids is 4. The van der Waals surface area contributed by atoms with Crippen LogP contribution in [0.4, 0.5) is 0 Å². The molecule has 4 atom stereocenters. The van der Waals surface area contributed by atoms with E-state index in [1.807, 2.05) is 30.3 Å². The van der Waals surface area contributed by atoms with Gasteiger partial charge >= 0.3 is 0 Å². The van der Waals surface area contributed by atoms with E-state index in [2.05, 4.69) is 36.6 Å². The van der Waals surface area contributed by atoms with Crippen molar-refractivity contribution in [3.05, 3.63) is 76.0 Å². The van der Waals surface area contributed by atoms with E-state index < -0.39 is 41.9 Å². The van der Waals surface area contributed by atoms with E-state index in [-0.39, 0.29) is 37.8 Å². The summed E-state index contributed by atoms with van der Waals surface area (Å²) in [7, 11) is 0. The minimum absolute atomic E-state index is 0.102. The van der Waals surface area contributed by atoms with Crippen molar-refractivity contribution in [3.63, 3.8) is 0 Å². The number of nitrogens with zero attached hydrogens (tertiary/aromatic N) is 4. The molecular formula is C37H48ClN9O6S. The molecule has 1 aliphatic heterocycles. The number of amides is 4. The molecule has 0 bridgehead atoms. The zero-order valence-corrected chi connectivity index (χ0v) is 31.8. The monoisotopic (exact) mass is 781 g/mol. The van der Waals surface area contributed by atoms with Crippen molar-refractivity contribution in [3.8, 4) is 0 Å². The average Bonchev–Trinajstić information content (AvgIpc) is 3.82. The molecule has 3 heterocycles. The Kier molecular flexibility index (Phi) is 15.3. The van der Waals surface area contributed by atoms with E-state index in [9.17, 15) is 24.3 Å². The van der Waals surface area contributed by atoms with Gasteiger partial charge in [0.1, 0.15) is 23.8 Å². The Balaban J connectivity index is 1.38. The first-order valence-corrected chi connectivity index (χ1v) is 19.5. The van der Waals surface area contributed by atoms with Crippen molar-refractivity contribution in [2.75, 3.05) is 26.4 Å². The molecule has 2 aromatic carbocycles. The average molecular weight is 782 g/mol. The number of nitrogens with two attached hydrogens (primary N) is 1. The molecule has 54 heavy (non-hydrogen) atoms. The first-order chi connectivity index (χ1) is 26.2. The molecule has 0 radical (unpaired) electrons. The number of aromatic nitrogens is 4. The molecule has 7 N–H and O–H groups in total. The Morgan fingerprint density at radius 2 is 1.76 bits per heavy atom. The molecule has 0 saturated carbocycles. The highest BCUT2D eigenvalue weighted by atomic mass is 35.5. The smallest absolute Gasteiger partial charge is 0.243 e. The third-order valence-corrected chi connectivity index (χ3v) is 10.5. The maximum atomic E-state index is 14.3. The van der Waals surface area contributed by atoms with E-state index in [0.717, 1.165) is 15.8 Å². The van der Waals surface area contributed by atoms with Crippen LogP contribution in [0.1, 0.15) is 67.8 Å². The van der Waals surface area contributed by atoms with Crippen molar-refractivity contribution < 1.29 is 29.0 Å². The van der Waals surface area contributed by atoms with E-state index in [4.69, 9.17) is 22.1 Å². The second-order valence-corrected chi connectivity index (χ2v) is 14.7. The van der Waals surface area contributed by atoms with Crippen molar-refractivity contribution in [2.45, 2.75) is 82.6 Å². The van der Waals surface area contributed by atoms with E-state index in [0.29, 0.717) is 67.6 Å². The summed E-state index contributed by atoms with van der Waals surface area (Å²) in [6, 6.07) is 10.9. The summed E-state index contributed by atoms with van der Waals surface area (Å²) >= 11 is 7.56. The SMILES string of the molecule is CCC(=O)N[C@@H](Cc1nc2ccc(Cl)cc2s1)C(=O)N[C@H](C(=O)N[C@@H](CCCCN)C(=O)N[C@@H](c1ccccc1)c1cn(CCO)nn1)C1CCOCC1. The number of fused-ring (bicyclic) bond motifs is 1. The molecule has 1 aliphatic rings. The highest BCUT2D eigenvalue weighted by molar-refractivity contribution is 7.18. The molecule has 290 valence electrons. The number of benzene rings is 2. The Morgan fingerprint density at radius 1 is 1.00 bits per heavy atom. The van der Waals surface area contributed by atoms with Gasteiger partial charge in [-0.05, 0) is 68.3 Å². The van der Waals surface area contributed by atoms with Gasteiger partial charge in [0.25, 0.3) is 0 Å². The summed E-state index contributed by atoms with van der Waals surface area (Å²) in [4.78, 5) is 59.8. The molecule has 5 rings (SSSR count). The lowest BCUT2D eigenvalue weighted by Gasteiger charge is -2.32. The standard InChI is InChI=1S/C37H48ClN9O6S/c1-2-31(49)40-28(21-32-41-26-12-11-25(38)20-30(26)54-32)36(51)44-34(24-13-18-53-19-14-24)37(52)42-27(10-6-7-15-39)35(50)43-33(23-8-4-3-5-9-23)29-22-47(16-17-48)46-45-29/h3-5,8-9,11-12,20,22,24,27-28,33-34,48H,2,6-7,10,13-19,21,39H2,1H3,(H,40,49)(H,42,52)(H,43,50)(H,44,51)/t27-,28-,33-,34-/m0/s1. The highest BCUT2D eigenvalue weighted by Gasteiger charge is 2.36. The number of halogens is 1. The Bertz CT molecular complexity index is 1850. The van der Waals surface area contributed by atoms with E-state index in [1.54, 1.807) is 31.3 Å². The molecule has 1 fully saturated rings. The lowest BCUT2D eigenvalue weighted by molar-refractivity contribution is -0.135. The minimum atomic E-state index is -1.02. The predicted molar refractivity (Wildman–Crippen MR) is 204 cm³/mol. The Hall–Kier alpha value is -4.48. The number of hydrogen-bond donors (Lipinski definition) is 6. The van der Waals surface area contributed by atoms with Gasteiger partial charge in [0.15, 0.2) is 0 Å². The topological polar surface area (TPSA) is 215 Å². The summed E-state index contributed by atoms with van der Waals surface area (Å²) in [5, 5.41) is 30.7. The first kappa shape index (κ1) is 40.7. The zero-order chi connectivity index (χ0) is 38.5. The van der Waals surface area contributed by atoms with Gasteiger partial charge in [0.05, 0.1) is 40.6 Å². The molecule has 4 aromatic rings. The number of unbranched alkanes of at least 4 members (excludes halogenated alkanes) is 1. The number of rotatable bonds is 19. The molecule has 0 spiro atoms. The second kappa shape index (κ2) is 20.3. The van der Waals surface area contributed by atoms with Gasteiger partial charge in [-0.2, -0.15) is 0 Å². The van der Waals surface area contributed by atoms with Crippen LogP contribution in [0, 0.1) is 5.92 Å². The zero-order valence-electron chi connectivity index (χ0n) is 30.2. The molecule has 0 aliphatic carbocycles. The molecule has 2 aromatic heterocycles. The van der Waals surface area contributed by atoms with Gasteiger partial charge in [0, 0.05) is 31.1 Å². The van der Waals surface area contributed by atoms with Crippen LogP contribution in [0.25, 0.3) is 10.2 Å². The minimum Gasteiger partial charge on any atom is -0.394 e. The fourth-order valence-electron chi connectivity index (χ4n) is 6.31. The summed E-state index contributed by atoms with van der Waals surface area (Å²) in [5.74, 6) is -2.14. The maximum absolute atomic E-state index is 14.3. The van der Waals surface area contributed by atoms with Crippen LogP contribution in [0.15, 0.2) is 54.7 Å². The molecule has 0 unspecified atom stereocenters. The van der Waals surface area contributed by atoms with Crippen molar-refractivity contribution in [1.29, 1.82) is 0 Å². The number of nitrogens with one attached hydrogen (secondary N) is 4. The third kappa shape index (κ3) is 11.3. The molecular weight excluding hydrogens is 734 g/mol. The van der Waals surface area contributed by atoms with Crippen LogP contribution < -0.4 is 27.0 Å². The van der Waals surface area contributed by atoms with Crippen molar-refractivity contribution in [2.24, 2.45) is 11.7 Å².